The van der Waals surface area contributed by atoms with Gasteiger partial charge in [0.15, 0.2) is 0 Å². The smallest absolute Gasteiger partial charge is 0.146 e. The predicted molar refractivity (Wildman–Crippen MR) is 258 cm³/mol. The van der Waals surface area contributed by atoms with Crippen LogP contribution in [0, 0.1) is 0 Å². The van der Waals surface area contributed by atoms with Crippen molar-refractivity contribution in [2.24, 2.45) is 0 Å². The van der Waals surface area contributed by atoms with E-state index in [-0.39, 0.29) is 5.41 Å². The number of nitrogens with zero attached hydrogens (tertiary/aromatic N) is 4. The third kappa shape index (κ3) is 5.84. The zero-order valence-electron chi connectivity index (χ0n) is 36.9. The summed E-state index contributed by atoms with van der Waals surface area (Å²) in [5.74, 6) is 4.73. The summed E-state index contributed by atoms with van der Waals surface area (Å²) in [6, 6.07) is 49.4. The Bertz CT molecular complexity index is 3010. The summed E-state index contributed by atoms with van der Waals surface area (Å²) in [6.07, 6.45) is 0. The fourth-order valence-corrected chi connectivity index (χ4v) is 12.0. The summed E-state index contributed by atoms with van der Waals surface area (Å²) in [5, 5.41) is 5.63. The van der Waals surface area contributed by atoms with Crippen LogP contribution in [0.25, 0.3) is 11.3 Å². The lowest BCUT2D eigenvalue weighted by Crippen LogP contribution is -2.39. The molecule has 7 aromatic carbocycles. The van der Waals surface area contributed by atoms with Crippen molar-refractivity contribution in [3.8, 4) is 45.8 Å². The minimum atomic E-state index is -0.934. The summed E-state index contributed by atoms with van der Waals surface area (Å²) < 4.78 is 32.3. The molecule has 0 radical (unpaired) electrons. The number of fused-ring (bicyclic) bond motifs is 13. The molecule has 0 atom stereocenters. The summed E-state index contributed by atoms with van der Waals surface area (Å²) in [6.45, 7) is 6.69. The van der Waals surface area contributed by atoms with Gasteiger partial charge in [0.05, 0.1) is 62.6 Å². The minimum absolute atomic E-state index is 0.212. The Hall–Kier alpha value is -6.95. The normalized spacial score (nSPS) is 14.4. The first-order valence-electron chi connectivity index (χ1n) is 21.5. The van der Waals surface area contributed by atoms with E-state index in [1.165, 1.54) is 0 Å². The van der Waals surface area contributed by atoms with E-state index in [4.69, 9.17) is 28.8 Å². The van der Waals surface area contributed by atoms with E-state index < -0.39 is 5.54 Å². The molecule has 0 saturated heterocycles. The first-order chi connectivity index (χ1) is 31.6. The number of aromatic nitrogens is 2. The number of methoxy groups -OCH3 is 4. The SMILES string of the molecule is COc1ccc2c(c1)Sc1cc(OC)ccc1N2c1ccc2c(c1)C1(c3cc(N4c5ccc(OC)cc5Sc5cc(OC)ccc54)ccc3O2)c2ccccc2-c2cc(C(C)(C)C)nn21. The highest BCUT2D eigenvalue weighted by Gasteiger charge is 2.53. The molecule has 11 heteroatoms. The van der Waals surface area contributed by atoms with Gasteiger partial charge in [-0.1, -0.05) is 68.6 Å². The quantitative estimate of drug-likeness (QED) is 0.161. The number of hydrogen-bond acceptors (Lipinski definition) is 10. The third-order valence-corrected chi connectivity index (χ3v) is 15.1. The molecule has 12 rings (SSSR count). The largest absolute Gasteiger partial charge is 0.497 e. The summed E-state index contributed by atoms with van der Waals surface area (Å²) in [7, 11) is 6.83. The van der Waals surface area contributed by atoms with Crippen molar-refractivity contribution in [1.29, 1.82) is 0 Å². The molecule has 5 heterocycles. The zero-order valence-corrected chi connectivity index (χ0v) is 38.6. The van der Waals surface area contributed by atoms with Gasteiger partial charge in [0.1, 0.15) is 40.0 Å². The van der Waals surface area contributed by atoms with E-state index in [0.29, 0.717) is 0 Å². The van der Waals surface area contributed by atoms with Crippen LogP contribution in [0.1, 0.15) is 43.2 Å². The van der Waals surface area contributed by atoms with Gasteiger partial charge in [-0.3, -0.25) is 0 Å². The molecule has 0 N–H and O–H groups in total. The number of anilines is 6. The fraction of sp³-hybridized carbons (Fsp3) is 0.167. The highest BCUT2D eigenvalue weighted by molar-refractivity contribution is 8.00. The van der Waals surface area contributed by atoms with Gasteiger partial charge < -0.3 is 33.5 Å². The highest BCUT2D eigenvalue weighted by atomic mass is 32.2. The Kier molecular flexibility index (Phi) is 8.86. The van der Waals surface area contributed by atoms with Crippen molar-refractivity contribution in [1.82, 2.24) is 9.78 Å². The van der Waals surface area contributed by atoms with Crippen molar-refractivity contribution >= 4 is 57.6 Å². The van der Waals surface area contributed by atoms with Gasteiger partial charge in [0.2, 0.25) is 0 Å². The van der Waals surface area contributed by atoms with Gasteiger partial charge in [-0.05, 0) is 121 Å². The average Bonchev–Trinajstić information content (AvgIpc) is 3.90. The number of ether oxygens (including phenoxy) is 5. The van der Waals surface area contributed by atoms with E-state index in [9.17, 15) is 0 Å². The van der Waals surface area contributed by atoms with Crippen LogP contribution in [0.4, 0.5) is 34.1 Å². The van der Waals surface area contributed by atoms with Gasteiger partial charge in [-0.15, -0.1) is 0 Å². The third-order valence-electron chi connectivity index (χ3n) is 12.9. The molecule has 0 amide bonds. The van der Waals surface area contributed by atoms with Crippen molar-refractivity contribution < 1.29 is 23.7 Å². The lowest BCUT2D eigenvalue weighted by molar-refractivity contribution is 0.377. The molecule has 0 saturated carbocycles. The van der Waals surface area contributed by atoms with Crippen LogP contribution in [0.5, 0.6) is 34.5 Å². The molecule has 322 valence electrons. The first-order valence-corrected chi connectivity index (χ1v) is 23.1. The van der Waals surface area contributed by atoms with E-state index in [2.05, 4.69) is 151 Å². The molecule has 8 aromatic rings. The van der Waals surface area contributed by atoms with Crippen molar-refractivity contribution in [2.45, 2.75) is 51.3 Å². The Morgan fingerprint density at radius 1 is 0.492 bits per heavy atom. The summed E-state index contributed by atoms with van der Waals surface area (Å²) in [5.41, 5.74) is 11.4. The van der Waals surface area contributed by atoms with Crippen LogP contribution >= 0.6 is 23.5 Å². The Morgan fingerprint density at radius 3 is 1.34 bits per heavy atom. The van der Waals surface area contributed by atoms with E-state index >= 15 is 0 Å². The zero-order chi connectivity index (χ0) is 44.4. The monoisotopic (exact) mass is 892 g/mol. The van der Waals surface area contributed by atoms with Crippen molar-refractivity contribution in [3.05, 3.63) is 162 Å². The Labute approximate surface area is 386 Å². The second kappa shape index (κ2) is 14.5. The van der Waals surface area contributed by atoms with Crippen LogP contribution < -0.4 is 33.5 Å². The number of rotatable bonds is 6. The number of benzene rings is 7. The molecule has 0 unspecified atom stereocenters. The molecule has 1 aromatic heterocycles. The molecule has 4 aliphatic heterocycles. The fourth-order valence-electron chi connectivity index (χ4n) is 9.78. The van der Waals surface area contributed by atoms with E-state index in [0.717, 1.165) is 122 Å². The average molecular weight is 893 g/mol. The molecule has 0 bridgehead atoms. The van der Waals surface area contributed by atoms with Gasteiger partial charge in [-0.2, -0.15) is 5.10 Å². The highest BCUT2D eigenvalue weighted by Crippen LogP contribution is 2.62. The molecule has 0 fully saturated rings. The Balaban J connectivity index is 1.13. The van der Waals surface area contributed by atoms with Crippen LogP contribution in [0.3, 0.4) is 0 Å². The molecule has 4 aliphatic rings. The molecule has 9 nitrogen and oxygen atoms in total. The van der Waals surface area contributed by atoms with Gasteiger partial charge in [-0.25, -0.2) is 4.68 Å². The van der Waals surface area contributed by atoms with E-state index in [1.54, 1.807) is 52.0 Å². The van der Waals surface area contributed by atoms with Crippen molar-refractivity contribution in [2.75, 3.05) is 38.2 Å². The summed E-state index contributed by atoms with van der Waals surface area (Å²) in [4.78, 5) is 8.99. The predicted octanol–water partition coefficient (Wildman–Crippen LogP) is 14.0. The van der Waals surface area contributed by atoms with Crippen LogP contribution in [0.2, 0.25) is 0 Å². The van der Waals surface area contributed by atoms with E-state index in [1.807, 2.05) is 24.3 Å². The molecule has 0 aliphatic carbocycles. The Morgan fingerprint density at radius 2 is 0.923 bits per heavy atom. The number of hydrogen-bond donors (Lipinski definition) is 0. The maximum absolute atomic E-state index is 7.10. The molecular weight excluding hydrogens is 849 g/mol. The molecule has 1 spiro atoms. The van der Waals surface area contributed by atoms with Crippen LogP contribution in [-0.4, -0.2) is 38.2 Å². The van der Waals surface area contributed by atoms with Crippen molar-refractivity contribution in [3.63, 3.8) is 0 Å². The maximum atomic E-state index is 7.10. The second-order valence-corrected chi connectivity index (χ2v) is 19.7. The lowest BCUT2D eigenvalue weighted by Gasteiger charge is -2.41. The minimum Gasteiger partial charge on any atom is -0.497 e. The lowest BCUT2D eigenvalue weighted by atomic mass is 9.75. The van der Waals surface area contributed by atoms with Crippen LogP contribution in [-0.2, 0) is 11.0 Å². The van der Waals surface area contributed by atoms with Crippen LogP contribution in [0.15, 0.2) is 159 Å². The van der Waals surface area contributed by atoms with Gasteiger partial charge in [0.25, 0.3) is 0 Å². The molecular formula is C54H44N4O5S2. The standard InChI is InChI=1S/C54H44N4O5S2/c1-53(2,3)52-30-45-37-10-8-9-11-38(37)54(58(45)55-52)39-24-31(56-41-18-14-33(59-4)26-48(41)64-49-27-34(60-5)15-19-42(49)56)12-22-46(39)63-47-23-13-32(25-40(47)54)57-43-20-16-35(61-6)28-50(43)65-51-29-36(62-7)17-21-44(51)57/h8-30H,1-7H3. The van der Waals surface area contributed by atoms with Gasteiger partial charge in [0, 0.05) is 53.1 Å². The molecule has 65 heavy (non-hydrogen) atoms. The van der Waals surface area contributed by atoms with Gasteiger partial charge >= 0.3 is 0 Å². The second-order valence-electron chi connectivity index (χ2n) is 17.5. The topological polar surface area (TPSA) is 70.5 Å². The summed E-state index contributed by atoms with van der Waals surface area (Å²) >= 11 is 3.43. The first kappa shape index (κ1) is 39.6. The maximum Gasteiger partial charge on any atom is 0.146 e.